The Bertz CT molecular complexity index is 480. The molecular weight excluding hydrogens is 298 g/mol. The van der Waals surface area contributed by atoms with Crippen LogP contribution in [0.5, 0.6) is 0 Å². The van der Waals surface area contributed by atoms with E-state index in [1.165, 1.54) is 11.3 Å². The molecule has 0 spiro atoms. The first-order valence-electron chi connectivity index (χ1n) is 4.68. The molecule has 0 aliphatic heterocycles. The van der Waals surface area contributed by atoms with Gasteiger partial charge in [-0.05, 0) is 41.3 Å². The van der Waals surface area contributed by atoms with Crippen molar-refractivity contribution in [2.24, 2.45) is 5.92 Å². The Morgan fingerprint density at radius 1 is 1.60 bits per heavy atom. The Kier molecular flexibility index (Phi) is 2.96. The van der Waals surface area contributed by atoms with E-state index < -0.39 is 10.0 Å². The minimum Gasteiger partial charge on any atom is -0.208 e. The SMILES string of the molecule is Cc1sc(Br)cc1S(=O)(=O)NC1CC1C. The first-order chi connectivity index (χ1) is 6.90. The maximum atomic E-state index is 11.9. The molecule has 1 N–H and O–H groups in total. The molecule has 1 heterocycles. The maximum absolute atomic E-state index is 11.9. The van der Waals surface area contributed by atoms with Crippen LogP contribution in [-0.4, -0.2) is 14.5 Å². The summed E-state index contributed by atoms with van der Waals surface area (Å²) in [6.07, 6.45) is 0.948. The molecule has 3 nitrogen and oxygen atoms in total. The Morgan fingerprint density at radius 3 is 2.60 bits per heavy atom. The highest BCUT2D eigenvalue weighted by molar-refractivity contribution is 9.11. The highest BCUT2D eigenvalue weighted by atomic mass is 79.9. The third-order valence-corrected chi connectivity index (χ3v) is 5.85. The van der Waals surface area contributed by atoms with Crippen LogP contribution in [0.2, 0.25) is 0 Å². The molecule has 2 unspecified atom stereocenters. The third-order valence-electron chi connectivity index (χ3n) is 2.55. The van der Waals surface area contributed by atoms with Crippen molar-refractivity contribution >= 4 is 37.3 Å². The first kappa shape index (κ1) is 11.6. The van der Waals surface area contributed by atoms with Crippen LogP contribution in [0.15, 0.2) is 14.7 Å². The van der Waals surface area contributed by atoms with E-state index in [9.17, 15) is 8.42 Å². The van der Waals surface area contributed by atoms with Crippen molar-refractivity contribution < 1.29 is 8.42 Å². The average molecular weight is 310 g/mol. The van der Waals surface area contributed by atoms with Gasteiger partial charge in [0.15, 0.2) is 0 Å². The normalized spacial score (nSPS) is 25.5. The highest BCUT2D eigenvalue weighted by Crippen LogP contribution is 2.33. The zero-order valence-electron chi connectivity index (χ0n) is 8.45. The van der Waals surface area contributed by atoms with Gasteiger partial charge in [0, 0.05) is 10.9 Å². The second-order valence-corrected chi connectivity index (χ2v) is 8.23. The molecule has 2 rings (SSSR count). The van der Waals surface area contributed by atoms with E-state index in [0.29, 0.717) is 10.8 Å². The van der Waals surface area contributed by atoms with Gasteiger partial charge >= 0.3 is 0 Å². The van der Waals surface area contributed by atoms with Gasteiger partial charge < -0.3 is 0 Å². The molecule has 0 saturated heterocycles. The standard InChI is InChI=1S/C9H12BrNO2S2/c1-5-3-7(5)11-15(12,13)8-4-9(10)14-6(8)2/h4-5,7,11H,3H2,1-2H3. The zero-order valence-corrected chi connectivity index (χ0v) is 11.7. The number of rotatable bonds is 3. The van der Waals surface area contributed by atoms with Crippen molar-refractivity contribution in [3.8, 4) is 0 Å². The molecule has 0 aromatic carbocycles. The van der Waals surface area contributed by atoms with Gasteiger partial charge in [-0.25, -0.2) is 13.1 Å². The topological polar surface area (TPSA) is 46.2 Å². The molecule has 1 aromatic heterocycles. The minimum atomic E-state index is -3.31. The first-order valence-corrected chi connectivity index (χ1v) is 7.77. The second kappa shape index (κ2) is 3.84. The summed E-state index contributed by atoms with van der Waals surface area (Å²) >= 11 is 4.74. The fourth-order valence-electron chi connectivity index (χ4n) is 1.45. The maximum Gasteiger partial charge on any atom is 0.241 e. The number of thiophene rings is 1. The zero-order chi connectivity index (χ0) is 11.2. The van der Waals surface area contributed by atoms with Gasteiger partial charge in [-0.1, -0.05) is 6.92 Å². The van der Waals surface area contributed by atoms with Crippen molar-refractivity contribution in [1.82, 2.24) is 4.72 Å². The van der Waals surface area contributed by atoms with Gasteiger partial charge in [0.25, 0.3) is 0 Å². The molecule has 6 heteroatoms. The third kappa shape index (κ3) is 2.43. The molecule has 1 fully saturated rings. The average Bonchev–Trinajstić information content (AvgIpc) is 2.62. The summed E-state index contributed by atoms with van der Waals surface area (Å²) in [6, 6.07) is 1.79. The predicted molar refractivity (Wildman–Crippen MR) is 64.6 cm³/mol. The summed E-state index contributed by atoms with van der Waals surface area (Å²) in [5.41, 5.74) is 0. The number of halogens is 1. The van der Waals surface area contributed by atoms with Crippen LogP contribution in [0.3, 0.4) is 0 Å². The second-order valence-electron chi connectivity index (χ2n) is 3.91. The summed E-state index contributed by atoms with van der Waals surface area (Å²) < 4.78 is 27.4. The summed E-state index contributed by atoms with van der Waals surface area (Å²) in [4.78, 5) is 1.22. The van der Waals surface area contributed by atoms with Crippen LogP contribution < -0.4 is 4.72 Å². The van der Waals surface area contributed by atoms with Crippen molar-refractivity contribution in [2.75, 3.05) is 0 Å². The molecule has 1 aliphatic rings. The predicted octanol–water partition coefficient (Wildman–Crippen LogP) is 2.51. The summed E-state index contributed by atoms with van der Waals surface area (Å²) in [5.74, 6) is 0.474. The summed E-state index contributed by atoms with van der Waals surface area (Å²) in [6.45, 7) is 3.86. The fourth-order valence-corrected chi connectivity index (χ4v) is 5.22. The largest absolute Gasteiger partial charge is 0.241 e. The lowest BCUT2D eigenvalue weighted by Crippen LogP contribution is -2.26. The van der Waals surface area contributed by atoms with Gasteiger partial charge in [-0.2, -0.15) is 0 Å². The van der Waals surface area contributed by atoms with Crippen LogP contribution in [0.4, 0.5) is 0 Å². The number of hydrogen-bond acceptors (Lipinski definition) is 3. The Morgan fingerprint density at radius 2 is 2.20 bits per heavy atom. The molecular formula is C9H12BrNO2S2. The highest BCUT2D eigenvalue weighted by Gasteiger charge is 2.37. The van der Waals surface area contributed by atoms with Gasteiger partial charge in [-0.15, -0.1) is 11.3 Å². The van der Waals surface area contributed by atoms with E-state index in [0.717, 1.165) is 15.1 Å². The molecule has 1 aromatic rings. The quantitative estimate of drug-likeness (QED) is 0.932. The molecule has 2 atom stereocenters. The number of hydrogen-bond donors (Lipinski definition) is 1. The lowest BCUT2D eigenvalue weighted by molar-refractivity contribution is 0.578. The van der Waals surface area contributed by atoms with Crippen molar-refractivity contribution in [1.29, 1.82) is 0 Å². The van der Waals surface area contributed by atoms with Crippen molar-refractivity contribution in [3.63, 3.8) is 0 Å². The van der Waals surface area contributed by atoms with E-state index in [1.807, 2.05) is 13.8 Å². The van der Waals surface area contributed by atoms with Crippen molar-refractivity contribution in [3.05, 3.63) is 14.7 Å². The Hall–Kier alpha value is 0.0900. The summed E-state index contributed by atoms with van der Waals surface area (Å²) in [7, 11) is -3.31. The van der Waals surface area contributed by atoms with Gasteiger partial charge in [0.2, 0.25) is 10.0 Å². The number of nitrogens with one attached hydrogen (secondary N) is 1. The summed E-state index contributed by atoms with van der Waals surface area (Å²) in [5, 5.41) is 0. The lowest BCUT2D eigenvalue weighted by Gasteiger charge is -2.04. The number of sulfonamides is 1. The monoisotopic (exact) mass is 309 g/mol. The molecule has 15 heavy (non-hydrogen) atoms. The van der Waals surface area contributed by atoms with Crippen LogP contribution >= 0.6 is 27.3 Å². The van der Waals surface area contributed by atoms with Crippen LogP contribution in [0, 0.1) is 12.8 Å². The lowest BCUT2D eigenvalue weighted by atomic mass is 10.5. The Labute approximate surface area is 102 Å². The number of aryl methyl sites for hydroxylation is 1. The van der Waals surface area contributed by atoms with E-state index in [-0.39, 0.29) is 6.04 Å². The minimum absolute atomic E-state index is 0.132. The van der Waals surface area contributed by atoms with Gasteiger partial charge in [0.1, 0.15) is 0 Å². The molecule has 0 amide bonds. The smallest absolute Gasteiger partial charge is 0.208 e. The van der Waals surface area contributed by atoms with Crippen molar-refractivity contribution in [2.45, 2.75) is 31.2 Å². The molecule has 0 radical (unpaired) electrons. The fraction of sp³-hybridized carbons (Fsp3) is 0.556. The van der Waals surface area contributed by atoms with Crippen LogP contribution in [0.25, 0.3) is 0 Å². The van der Waals surface area contributed by atoms with Crippen LogP contribution in [-0.2, 0) is 10.0 Å². The molecule has 1 aliphatic carbocycles. The van der Waals surface area contributed by atoms with Gasteiger partial charge in [0.05, 0.1) is 8.68 Å². The van der Waals surface area contributed by atoms with E-state index in [1.54, 1.807) is 6.07 Å². The molecule has 84 valence electrons. The molecule has 0 bridgehead atoms. The van der Waals surface area contributed by atoms with Gasteiger partial charge in [-0.3, -0.25) is 0 Å². The van der Waals surface area contributed by atoms with E-state index in [2.05, 4.69) is 20.7 Å². The van der Waals surface area contributed by atoms with Crippen LogP contribution in [0.1, 0.15) is 18.2 Å². The van der Waals surface area contributed by atoms with E-state index >= 15 is 0 Å². The molecule has 1 saturated carbocycles. The van der Waals surface area contributed by atoms with E-state index in [4.69, 9.17) is 0 Å². The Balaban J connectivity index is 2.25.